The lowest BCUT2D eigenvalue weighted by Gasteiger charge is -2.18. The van der Waals surface area contributed by atoms with Gasteiger partial charge in [0.05, 0.1) is 17.7 Å². The van der Waals surface area contributed by atoms with E-state index in [-0.39, 0.29) is 11.8 Å². The number of hydrogen-bond acceptors (Lipinski definition) is 3. The molecule has 1 aromatic carbocycles. The van der Waals surface area contributed by atoms with Crippen LogP contribution in [0.3, 0.4) is 0 Å². The molecule has 1 atom stereocenters. The van der Waals surface area contributed by atoms with E-state index in [1.807, 2.05) is 32.0 Å². The summed E-state index contributed by atoms with van der Waals surface area (Å²) in [5.41, 5.74) is 1.22. The molecular formula is C12H14N2O. The first-order valence-corrected chi connectivity index (χ1v) is 4.77. The molecule has 0 aliphatic carbocycles. The van der Waals surface area contributed by atoms with Crippen molar-refractivity contribution in [2.45, 2.75) is 13.0 Å². The van der Waals surface area contributed by atoms with Gasteiger partial charge in [-0.2, -0.15) is 5.26 Å². The van der Waals surface area contributed by atoms with Crippen LogP contribution in [0.5, 0.6) is 0 Å². The molecule has 0 spiro atoms. The molecule has 0 bridgehead atoms. The first-order valence-electron chi connectivity index (χ1n) is 4.77. The van der Waals surface area contributed by atoms with Gasteiger partial charge >= 0.3 is 0 Å². The fourth-order valence-electron chi connectivity index (χ4n) is 1.18. The Labute approximate surface area is 89.9 Å². The average molecular weight is 202 g/mol. The zero-order valence-corrected chi connectivity index (χ0v) is 9.19. The van der Waals surface area contributed by atoms with E-state index in [2.05, 4.69) is 0 Å². The van der Waals surface area contributed by atoms with Gasteiger partial charge in [-0.25, -0.2) is 0 Å². The van der Waals surface area contributed by atoms with Gasteiger partial charge < -0.3 is 0 Å². The lowest BCUT2D eigenvalue weighted by molar-refractivity contribution is 0.0890. The van der Waals surface area contributed by atoms with Gasteiger partial charge in [0.2, 0.25) is 0 Å². The Hall–Kier alpha value is -1.66. The highest BCUT2D eigenvalue weighted by atomic mass is 16.1. The van der Waals surface area contributed by atoms with Gasteiger partial charge in [0.25, 0.3) is 0 Å². The molecule has 15 heavy (non-hydrogen) atoms. The summed E-state index contributed by atoms with van der Waals surface area (Å²) in [7, 11) is 3.73. The molecule has 1 unspecified atom stereocenters. The summed E-state index contributed by atoms with van der Waals surface area (Å²) < 4.78 is 0. The second kappa shape index (κ2) is 4.72. The maximum atomic E-state index is 11.9. The highest BCUT2D eigenvalue weighted by molar-refractivity contribution is 5.99. The summed E-state index contributed by atoms with van der Waals surface area (Å²) in [4.78, 5) is 13.7. The van der Waals surface area contributed by atoms with Crippen LogP contribution in [0.4, 0.5) is 0 Å². The van der Waals surface area contributed by atoms with Crippen molar-refractivity contribution in [3.05, 3.63) is 35.4 Å². The van der Waals surface area contributed by atoms with Crippen molar-refractivity contribution in [1.29, 1.82) is 5.26 Å². The molecule has 0 saturated heterocycles. The topological polar surface area (TPSA) is 44.1 Å². The summed E-state index contributed by atoms with van der Waals surface area (Å²) in [5, 5.41) is 8.62. The highest BCUT2D eigenvalue weighted by Crippen LogP contribution is 2.08. The van der Waals surface area contributed by atoms with Crippen molar-refractivity contribution in [2.24, 2.45) is 0 Å². The fourth-order valence-corrected chi connectivity index (χ4v) is 1.18. The number of likely N-dealkylation sites (N-methyl/N-ethyl adjacent to an activating group) is 1. The third-order valence-electron chi connectivity index (χ3n) is 2.45. The molecule has 0 amide bonds. The summed E-state index contributed by atoms with van der Waals surface area (Å²) >= 11 is 0. The van der Waals surface area contributed by atoms with E-state index in [0.717, 1.165) is 0 Å². The van der Waals surface area contributed by atoms with Crippen LogP contribution in [-0.4, -0.2) is 30.8 Å². The first-order chi connectivity index (χ1) is 7.06. The Morgan fingerprint density at radius 1 is 1.33 bits per heavy atom. The number of nitrogens with zero attached hydrogens (tertiary/aromatic N) is 2. The Morgan fingerprint density at radius 2 is 1.87 bits per heavy atom. The summed E-state index contributed by atoms with van der Waals surface area (Å²) in [6.07, 6.45) is 0. The van der Waals surface area contributed by atoms with Crippen LogP contribution in [0.25, 0.3) is 0 Å². The van der Waals surface area contributed by atoms with Crippen LogP contribution < -0.4 is 0 Å². The van der Waals surface area contributed by atoms with Crippen LogP contribution in [0.1, 0.15) is 22.8 Å². The summed E-state index contributed by atoms with van der Waals surface area (Å²) in [6.45, 7) is 1.86. The molecule has 0 radical (unpaired) electrons. The number of Topliss-reactive ketones (excluding diaryl/α,β-unsaturated/α-hetero) is 1. The van der Waals surface area contributed by atoms with Crippen LogP contribution >= 0.6 is 0 Å². The van der Waals surface area contributed by atoms with Crippen molar-refractivity contribution in [3.63, 3.8) is 0 Å². The van der Waals surface area contributed by atoms with Crippen molar-refractivity contribution in [1.82, 2.24) is 4.90 Å². The smallest absolute Gasteiger partial charge is 0.179 e. The SMILES string of the molecule is CC(C(=O)c1ccc(C#N)cc1)N(C)C. The summed E-state index contributed by atoms with van der Waals surface area (Å²) in [5.74, 6) is 0.0736. The molecule has 0 N–H and O–H groups in total. The number of rotatable bonds is 3. The maximum Gasteiger partial charge on any atom is 0.179 e. The maximum absolute atomic E-state index is 11.9. The van der Waals surface area contributed by atoms with Crippen LogP contribution in [-0.2, 0) is 0 Å². The van der Waals surface area contributed by atoms with E-state index in [1.165, 1.54) is 0 Å². The normalized spacial score (nSPS) is 12.2. The molecular weight excluding hydrogens is 188 g/mol. The average Bonchev–Trinajstić information content (AvgIpc) is 2.27. The molecule has 0 aromatic heterocycles. The number of carbonyl (C=O) groups is 1. The monoisotopic (exact) mass is 202 g/mol. The van der Waals surface area contributed by atoms with E-state index >= 15 is 0 Å². The second-order valence-corrected chi connectivity index (χ2v) is 3.69. The van der Waals surface area contributed by atoms with Crippen molar-refractivity contribution in [3.8, 4) is 6.07 Å². The van der Waals surface area contributed by atoms with Gasteiger partial charge in [0.15, 0.2) is 5.78 Å². The Balaban J connectivity index is 2.89. The molecule has 78 valence electrons. The van der Waals surface area contributed by atoms with E-state index < -0.39 is 0 Å². The zero-order chi connectivity index (χ0) is 11.4. The number of hydrogen-bond donors (Lipinski definition) is 0. The number of nitriles is 1. The third-order valence-corrected chi connectivity index (χ3v) is 2.45. The van der Waals surface area contributed by atoms with E-state index in [4.69, 9.17) is 5.26 Å². The predicted molar refractivity (Wildman–Crippen MR) is 58.6 cm³/mol. The largest absolute Gasteiger partial charge is 0.300 e. The quantitative estimate of drug-likeness (QED) is 0.700. The van der Waals surface area contributed by atoms with Crippen molar-refractivity contribution >= 4 is 5.78 Å². The standard InChI is InChI=1S/C12H14N2O/c1-9(14(2)3)12(15)11-6-4-10(8-13)5-7-11/h4-7,9H,1-3H3. The predicted octanol–water partition coefficient (Wildman–Crippen LogP) is 1.69. The zero-order valence-electron chi connectivity index (χ0n) is 9.19. The molecule has 0 aliphatic heterocycles. The summed E-state index contributed by atoms with van der Waals surface area (Å²) in [6, 6.07) is 8.60. The molecule has 1 rings (SSSR count). The van der Waals surface area contributed by atoms with Gasteiger partial charge in [0, 0.05) is 5.56 Å². The van der Waals surface area contributed by atoms with Gasteiger partial charge in [-0.1, -0.05) is 12.1 Å². The van der Waals surface area contributed by atoms with Crippen LogP contribution in [0, 0.1) is 11.3 Å². The van der Waals surface area contributed by atoms with Crippen LogP contribution in [0.2, 0.25) is 0 Å². The third kappa shape index (κ3) is 2.64. The van der Waals surface area contributed by atoms with Crippen molar-refractivity contribution < 1.29 is 4.79 Å². The molecule has 3 heteroatoms. The minimum absolute atomic E-state index is 0.0736. The van der Waals surface area contributed by atoms with E-state index in [9.17, 15) is 4.79 Å². The molecule has 0 heterocycles. The highest BCUT2D eigenvalue weighted by Gasteiger charge is 2.16. The molecule has 0 aliphatic rings. The molecule has 1 aromatic rings. The van der Waals surface area contributed by atoms with Crippen molar-refractivity contribution in [2.75, 3.05) is 14.1 Å². The number of ketones is 1. The Bertz CT molecular complexity index is 387. The molecule has 3 nitrogen and oxygen atoms in total. The first kappa shape index (κ1) is 11.4. The van der Waals surface area contributed by atoms with Crippen LogP contribution in [0.15, 0.2) is 24.3 Å². The minimum Gasteiger partial charge on any atom is -0.300 e. The van der Waals surface area contributed by atoms with Gasteiger partial charge in [-0.05, 0) is 33.2 Å². The Kier molecular flexibility index (Phi) is 3.59. The Morgan fingerprint density at radius 3 is 2.27 bits per heavy atom. The van der Waals surface area contributed by atoms with Gasteiger partial charge in [-0.15, -0.1) is 0 Å². The van der Waals surface area contributed by atoms with E-state index in [1.54, 1.807) is 24.3 Å². The number of benzene rings is 1. The van der Waals surface area contributed by atoms with Gasteiger partial charge in [0.1, 0.15) is 0 Å². The van der Waals surface area contributed by atoms with Gasteiger partial charge in [-0.3, -0.25) is 9.69 Å². The lowest BCUT2D eigenvalue weighted by atomic mass is 10.0. The number of carbonyl (C=O) groups excluding carboxylic acids is 1. The fraction of sp³-hybridized carbons (Fsp3) is 0.333. The minimum atomic E-state index is -0.141. The van der Waals surface area contributed by atoms with E-state index in [0.29, 0.717) is 11.1 Å². The molecule has 0 fully saturated rings. The second-order valence-electron chi connectivity index (χ2n) is 3.69. The molecule has 0 saturated carbocycles. The lowest BCUT2D eigenvalue weighted by Crippen LogP contribution is -2.32.